The van der Waals surface area contributed by atoms with Gasteiger partial charge in [0.2, 0.25) is 0 Å². The fourth-order valence-electron chi connectivity index (χ4n) is 1.88. The Morgan fingerprint density at radius 3 is 2.33 bits per heavy atom. The molecular formula is C15H22N2O4. The first kappa shape index (κ1) is 17.0. The molecule has 1 rings (SSSR count). The van der Waals surface area contributed by atoms with Gasteiger partial charge in [0.25, 0.3) is 5.91 Å². The van der Waals surface area contributed by atoms with E-state index in [2.05, 4.69) is 0 Å². The van der Waals surface area contributed by atoms with E-state index in [1.807, 2.05) is 13.8 Å². The second-order valence-corrected chi connectivity index (χ2v) is 4.65. The minimum Gasteiger partial charge on any atom is -0.508 e. The second-order valence-electron chi connectivity index (χ2n) is 4.65. The van der Waals surface area contributed by atoms with E-state index in [-0.39, 0.29) is 18.3 Å². The van der Waals surface area contributed by atoms with E-state index in [0.717, 1.165) is 5.56 Å². The lowest BCUT2D eigenvalue weighted by Crippen LogP contribution is -2.39. The summed E-state index contributed by atoms with van der Waals surface area (Å²) in [5.74, 6) is -0.687. The fourth-order valence-corrected chi connectivity index (χ4v) is 1.88. The summed E-state index contributed by atoms with van der Waals surface area (Å²) in [6, 6.07) is 5.58. The number of carbonyl (C=O) groups excluding carboxylic acids is 2. The van der Waals surface area contributed by atoms with Crippen molar-refractivity contribution in [2.24, 2.45) is 5.73 Å². The van der Waals surface area contributed by atoms with Gasteiger partial charge in [0.15, 0.2) is 6.61 Å². The molecule has 116 valence electrons. The van der Waals surface area contributed by atoms with Gasteiger partial charge in [-0.3, -0.25) is 9.59 Å². The summed E-state index contributed by atoms with van der Waals surface area (Å²) in [5.41, 5.74) is 6.57. The molecule has 0 radical (unpaired) electrons. The van der Waals surface area contributed by atoms with Gasteiger partial charge in [-0.2, -0.15) is 0 Å². The van der Waals surface area contributed by atoms with E-state index < -0.39 is 12.0 Å². The SMILES string of the molecule is CCN(CC)C(=O)COC(=O)C(N)Cc1ccc(O)cc1. The van der Waals surface area contributed by atoms with Crippen molar-refractivity contribution in [3.8, 4) is 5.75 Å². The minimum atomic E-state index is -0.834. The number of likely N-dealkylation sites (N-methyl/N-ethyl adjacent to an activating group) is 1. The molecule has 0 aliphatic rings. The molecule has 0 heterocycles. The predicted molar refractivity (Wildman–Crippen MR) is 78.7 cm³/mol. The lowest BCUT2D eigenvalue weighted by Gasteiger charge is -2.19. The maximum absolute atomic E-state index is 11.8. The van der Waals surface area contributed by atoms with E-state index >= 15 is 0 Å². The molecule has 1 amide bonds. The highest BCUT2D eigenvalue weighted by atomic mass is 16.5. The molecular weight excluding hydrogens is 272 g/mol. The van der Waals surface area contributed by atoms with Crippen molar-refractivity contribution in [3.05, 3.63) is 29.8 Å². The van der Waals surface area contributed by atoms with Gasteiger partial charge in [-0.1, -0.05) is 12.1 Å². The van der Waals surface area contributed by atoms with Crippen LogP contribution in [0.15, 0.2) is 24.3 Å². The number of phenolic OH excluding ortho intramolecular Hbond substituents is 1. The zero-order chi connectivity index (χ0) is 15.8. The molecule has 0 fully saturated rings. The molecule has 0 aliphatic carbocycles. The van der Waals surface area contributed by atoms with Crippen LogP contribution in [0.4, 0.5) is 0 Å². The summed E-state index contributed by atoms with van der Waals surface area (Å²) in [6.07, 6.45) is 0.290. The van der Waals surface area contributed by atoms with Crippen LogP contribution in [0.5, 0.6) is 5.75 Å². The third-order valence-electron chi connectivity index (χ3n) is 3.15. The highest BCUT2D eigenvalue weighted by molar-refractivity contribution is 5.82. The minimum absolute atomic E-state index is 0.153. The first-order chi connectivity index (χ1) is 9.97. The number of aromatic hydroxyl groups is 1. The van der Waals surface area contributed by atoms with Crippen LogP contribution in [-0.4, -0.2) is 47.6 Å². The third kappa shape index (κ3) is 5.43. The number of amides is 1. The summed E-state index contributed by atoms with van der Waals surface area (Å²) in [6.45, 7) is 4.59. The zero-order valence-electron chi connectivity index (χ0n) is 12.4. The summed E-state index contributed by atoms with van der Waals surface area (Å²) >= 11 is 0. The quantitative estimate of drug-likeness (QED) is 0.721. The topological polar surface area (TPSA) is 92.9 Å². The van der Waals surface area contributed by atoms with Crippen LogP contribution in [0.1, 0.15) is 19.4 Å². The van der Waals surface area contributed by atoms with Crippen LogP contribution < -0.4 is 5.73 Å². The van der Waals surface area contributed by atoms with E-state index in [9.17, 15) is 14.7 Å². The van der Waals surface area contributed by atoms with Crippen molar-refractivity contribution >= 4 is 11.9 Å². The first-order valence-corrected chi connectivity index (χ1v) is 6.95. The van der Waals surface area contributed by atoms with E-state index in [0.29, 0.717) is 19.5 Å². The number of carbonyl (C=O) groups is 2. The molecule has 6 nitrogen and oxygen atoms in total. The summed E-state index contributed by atoms with van der Waals surface area (Å²) in [5, 5.41) is 9.18. The maximum atomic E-state index is 11.8. The van der Waals surface area contributed by atoms with Crippen LogP contribution in [0, 0.1) is 0 Å². The Morgan fingerprint density at radius 1 is 1.24 bits per heavy atom. The molecule has 0 saturated heterocycles. The Labute approximate surface area is 124 Å². The van der Waals surface area contributed by atoms with Gasteiger partial charge in [0.1, 0.15) is 11.8 Å². The standard InChI is InChI=1S/C15H22N2O4/c1-3-17(4-2)14(19)10-21-15(20)13(16)9-11-5-7-12(18)8-6-11/h5-8,13,18H,3-4,9-10,16H2,1-2H3. The molecule has 6 heteroatoms. The number of esters is 1. The number of nitrogens with zero attached hydrogens (tertiary/aromatic N) is 1. The van der Waals surface area contributed by atoms with Gasteiger partial charge in [0, 0.05) is 13.1 Å². The van der Waals surface area contributed by atoms with Crippen LogP contribution in [0.3, 0.4) is 0 Å². The molecule has 0 aromatic heterocycles. The molecule has 1 aromatic carbocycles. The van der Waals surface area contributed by atoms with Crippen LogP contribution in [0.25, 0.3) is 0 Å². The van der Waals surface area contributed by atoms with Crippen LogP contribution in [0.2, 0.25) is 0 Å². The number of rotatable bonds is 7. The zero-order valence-corrected chi connectivity index (χ0v) is 12.4. The Morgan fingerprint density at radius 2 is 1.81 bits per heavy atom. The molecule has 1 aromatic rings. The Balaban J connectivity index is 2.44. The van der Waals surface area contributed by atoms with Crippen molar-refractivity contribution < 1.29 is 19.4 Å². The van der Waals surface area contributed by atoms with Gasteiger partial charge in [-0.25, -0.2) is 0 Å². The smallest absolute Gasteiger partial charge is 0.323 e. The van der Waals surface area contributed by atoms with Gasteiger partial charge in [-0.05, 0) is 38.0 Å². The van der Waals surface area contributed by atoms with Crippen molar-refractivity contribution in [1.82, 2.24) is 4.90 Å². The van der Waals surface area contributed by atoms with Gasteiger partial charge >= 0.3 is 5.97 Å². The number of hydrogen-bond donors (Lipinski definition) is 2. The van der Waals surface area contributed by atoms with Crippen molar-refractivity contribution in [1.29, 1.82) is 0 Å². The van der Waals surface area contributed by atoms with E-state index in [1.54, 1.807) is 17.0 Å². The van der Waals surface area contributed by atoms with E-state index in [4.69, 9.17) is 10.5 Å². The maximum Gasteiger partial charge on any atom is 0.323 e. The number of hydrogen-bond acceptors (Lipinski definition) is 5. The average Bonchev–Trinajstić information content (AvgIpc) is 2.48. The summed E-state index contributed by atoms with van der Waals surface area (Å²) < 4.78 is 4.94. The largest absolute Gasteiger partial charge is 0.508 e. The number of benzene rings is 1. The lowest BCUT2D eigenvalue weighted by atomic mass is 10.1. The van der Waals surface area contributed by atoms with Gasteiger partial charge in [-0.15, -0.1) is 0 Å². The molecule has 0 spiro atoms. The second kappa shape index (κ2) is 8.26. The molecule has 1 atom stereocenters. The highest BCUT2D eigenvalue weighted by Crippen LogP contribution is 2.11. The third-order valence-corrected chi connectivity index (χ3v) is 3.15. The molecule has 1 unspecified atom stereocenters. The average molecular weight is 294 g/mol. The Hall–Kier alpha value is -2.08. The normalized spacial score (nSPS) is 11.8. The molecule has 3 N–H and O–H groups in total. The van der Waals surface area contributed by atoms with E-state index in [1.165, 1.54) is 12.1 Å². The number of nitrogens with two attached hydrogens (primary N) is 1. The summed E-state index contributed by atoms with van der Waals surface area (Å²) in [4.78, 5) is 25.0. The molecule has 0 bridgehead atoms. The van der Waals surface area contributed by atoms with Crippen molar-refractivity contribution in [2.75, 3.05) is 19.7 Å². The molecule has 0 saturated carbocycles. The van der Waals surface area contributed by atoms with Gasteiger partial charge < -0.3 is 20.5 Å². The van der Waals surface area contributed by atoms with Crippen molar-refractivity contribution in [2.45, 2.75) is 26.3 Å². The Bertz CT molecular complexity index is 469. The van der Waals surface area contributed by atoms with Gasteiger partial charge in [0.05, 0.1) is 0 Å². The fraction of sp³-hybridized carbons (Fsp3) is 0.467. The number of ether oxygens (including phenoxy) is 1. The molecule has 21 heavy (non-hydrogen) atoms. The lowest BCUT2D eigenvalue weighted by molar-refractivity contribution is -0.153. The first-order valence-electron chi connectivity index (χ1n) is 6.95. The Kier molecular flexibility index (Phi) is 6.68. The van der Waals surface area contributed by atoms with Crippen molar-refractivity contribution in [3.63, 3.8) is 0 Å². The monoisotopic (exact) mass is 294 g/mol. The summed E-state index contributed by atoms with van der Waals surface area (Å²) in [7, 11) is 0. The predicted octanol–water partition coefficient (Wildman–Crippen LogP) is 0.674. The highest BCUT2D eigenvalue weighted by Gasteiger charge is 2.18. The van der Waals surface area contributed by atoms with Crippen LogP contribution >= 0.6 is 0 Å². The van der Waals surface area contributed by atoms with Crippen LogP contribution in [-0.2, 0) is 20.7 Å². The molecule has 0 aliphatic heterocycles. The number of phenols is 1.